The molecule has 3 nitrogen and oxygen atoms in total. The minimum absolute atomic E-state index is 0.0965. The predicted octanol–water partition coefficient (Wildman–Crippen LogP) is 4.86. The van der Waals surface area contributed by atoms with E-state index in [1.807, 2.05) is 13.7 Å². The zero-order valence-corrected chi connectivity index (χ0v) is 16.4. The molecule has 0 aromatic heterocycles. The Kier molecular flexibility index (Phi) is 8.61. The average Bonchev–Trinajstić information content (AvgIpc) is 2.34. The normalized spacial score (nSPS) is 16.1. The van der Waals surface area contributed by atoms with E-state index in [0.29, 0.717) is 24.7 Å². The van der Waals surface area contributed by atoms with E-state index >= 15 is 0 Å². The molecule has 0 amide bonds. The Balaban J connectivity index is 4.45. The van der Waals surface area contributed by atoms with Crippen molar-refractivity contribution in [3.8, 4) is 0 Å². The van der Waals surface area contributed by atoms with Crippen LogP contribution < -0.4 is 5.09 Å². The maximum atomic E-state index is 12.5. The highest BCUT2D eigenvalue weighted by Gasteiger charge is 2.31. The Morgan fingerprint density at radius 3 is 2.14 bits per heavy atom. The van der Waals surface area contributed by atoms with Crippen LogP contribution in [0.25, 0.3) is 0 Å². The second-order valence-electron chi connectivity index (χ2n) is 8.05. The summed E-state index contributed by atoms with van der Waals surface area (Å²) in [5.41, 5.74) is 0.111. The molecule has 0 rings (SSSR count). The Bertz CT molecular complexity index is 327. The maximum Gasteiger partial charge on any atom is 0.136 e. The van der Waals surface area contributed by atoms with Crippen molar-refractivity contribution in [2.45, 2.75) is 61.3 Å². The summed E-state index contributed by atoms with van der Waals surface area (Å²) in [5.74, 6) is 1.07. The predicted molar refractivity (Wildman–Crippen MR) is 93.7 cm³/mol. The highest BCUT2D eigenvalue weighted by Crippen LogP contribution is 2.36. The minimum atomic E-state index is -0.575. The molecule has 0 bridgehead atoms. The lowest BCUT2D eigenvalue weighted by atomic mass is 9.72. The van der Waals surface area contributed by atoms with Crippen LogP contribution >= 0.6 is 8.30 Å². The van der Waals surface area contributed by atoms with Crippen molar-refractivity contribution in [1.82, 2.24) is 5.09 Å². The van der Waals surface area contributed by atoms with Crippen LogP contribution in [0.5, 0.6) is 0 Å². The van der Waals surface area contributed by atoms with Crippen LogP contribution in [0.2, 0.25) is 0 Å². The third-order valence-corrected chi connectivity index (χ3v) is 5.71. The zero-order chi connectivity index (χ0) is 16.8. The van der Waals surface area contributed by atoms with Gasteiger partial charge >= 0.3 is 0 Å². The molecule has 0 spiro atoms. The van der Waals surface area contributed by atoms with E-state index in [2.05, 4.69) is 53.6 Å². The zero-order valence-electron chi connectivity index (χ0n) is 15.5. The first kappa shape index (κ1) is 21.0. The Morgan fingerprint density at radius 1 is 1.19 bits per heavy atom. The van der Waals surface area contributed by atoms with Gasteiger partial charge in [-0.15, -0.1) is 0 Å². The molecule has 126 valence electrons. The number of nitrogens with one attached hydrogen (secondary N) is 1. The summed E-state index contributed by atoms with van der Waals surface area (Å²) in [4.78, 5) is 12.5. The largest absolute Gasteiger partial charge is 0.343 e. The minimum Gasteiger partial charge on any atom is -0.343 e. The number of ketones is 1. The van der Waals surface area contributed by atoms with Crippen molar-refractivity contribution >= 4 is 14.1 Å². The second-order valence-corrected chi connectivity index (χ2v) is 9.75. The molecule has 21 heavy (non-hydrogen) atoms. The number of carbonyl (C=O) groups excluding carboxylic acids is 1. The first-order chi connectivity index (χ1) is 9.41. The third kappa shape index (κ3) is 8.28. The molecule has 0 aliphatic heterocycles. The Morgan fingerprint density at radius 2 is 1.71 bits per heavy atom. The van der Waals surface area contributed by atoms with Gasteiger partial charge in [0.1, 0.15) is 5.78 Å². The van der Waals surface area contributed by atoms with Gasteiger partial charge in [-0.05, 0) is 36.9 Å². The van der Waals surface area contributed by atoms with Crippen molar-refractivity contribution in [3.05, 3.63) is 0 Å². The van der Waals surface area contributed by atoms with E-state index in [0.717, 1.165) is 6.42 Å². The van der Waals surface area contributed by atoms with Crippen molar-refractivity contribution in [1.29, 1.82) is 0 Å². The fourth-order valence-corrected chi connectivity index (χ4v) is 2.84. The van der Waals surface area contributed by atoms with Crippen LogP contribution in [0, 0.1) is 22.7 Å². The van der Waals surface area contributed by atoms with E-state index in [4.69, 9.17) is 4.52 Å². The third-order valence-electron chi connectivity index (χ3n) is 4.56. The van der Waals surface area contributed by atoms with Gasteiger partial charge in [-0.3, -0.25) is 9.88 Å². The summed E-state index contributed by atoms with van der Waals surface area (Å²) in [5, 5.41) is 3.11. The Labute approximate surface area is 133 Å². The molecule has 0 heterocycles. The summed E-state index contributed by atoms with van der Waals surface area (Å²) < 4.78 is 5.78. The van der Waals surface area contributed by atoms with Gasteiger partial charge in [0.25, 0.3) is 0 Å². The lowest BCUT2D eigenvalue weighted by molar-refractivity contribution is -0.125. The van der Waals surface area contributed by atoms with Crippen molar-refractivity contribution in [2.24, 2.45) is 22.7 Å². The average molecular weight is 317 g/mol. The number of hydrogen-bond acceptors (Lipinski definition) is 3. The molecule has 1 N–H and O–H groups in total. The van der Waals surface area contributed by atoms with Gasteiger partial charge in [0.05, 0.1) is 14.9 Å². The summed E-state index contributed by atoms with van der Waals surface area (Å²) >= 11 is 0. The summed E-state index contributed by atoms with van der Waals surface area (Å²) in [6, 6.07) is 0. The molecule has 4 heteroatoms. The van der Waals surface area contributed by atoms with Gasteiger partial charge in [-0.25, -0.2) is 0 Å². The van der Waals surface area contributed by atoms with Crippen LogP contribution in [0.3, 0.4) is 0 Å². The van der Waals surface area contributed by atoms with E-state index in [9.17, 15) is 4.79 Å². The van der Waals surface area contributed by atoms with E-state index in [-0.39, 0.29) is 16.7 Å². The number of Topliss-reactive ketones (excluding diaryl/α,β-unsaturated/α-hetero) is 1. The Hall–Kier alpha value is 0.0200. The highest BCUT2D eigenvalue weighted by atomic mass is 31.2. The van der Waals surface area contributed by atoms with Gasteiger partial charge in [0.15, 0.2) is 0 Å². The summed E-state index contributed by atoms with van der Waals surface area (Å²) in [6.45, 7) is 18.0. The van der Waals surface area contributed by atoms with E-state index in [1.165, 1.54) is 0 Å². The molecule has 0 saturated heterocycles. The lowest BCUT2D eigenvalue weighted by Gasteiger charge is -2.33. The van der Waals surface area contributed by atoms with Crippen LogP contribution in [-0.4, -0.2) is 26.1 Å². The van der Waals surface area contributed by atoms with Gasteiger partial charge in [0.2, 0.25) is 0 Å². The molecule has 2 atom stereocenters. The molecule has 0 fully saturated rings. The fraction of sp³-hybridized carbons (Fsp3) is 0.941. The second kappa shape index (κ2) is 8.60. The van der Waals surface area contributed by atoms with Gasteiger partial charge in [0, 0.05) is 12.3 Å². The molecular weight excluding hydrogens is 281 g/mol. The molecule has 0 aliphatic rings. The SMILES string of the molecule is CNP(C)OCC(C)(C)CC(=O)C(C)CC(C)(C)C(C)C. The number of rotatable bonds is 10. The van der Waals surface area contributed by atoms with E-state index in [1.54, 1.807) is 0 Å². The van der Waals surface area contributed by atoms with E-state index < -0.39 is 8.30 Å². The van der Waals surface area contributed by atoms with Crippen LogP contribution in [0.4, 0.5) is 0 Å². The first-order valence-corrected chi connectivity index (χ1v) is 9.68. The molecule has 0 aromatic carbocycles. The lowest BCUT2D eigenvalue weighted by Crippen LogP contribution is -2.30. The van der Waals surface area contributed by atoms with Crippen LogP contribution in [0.15, 0.2) is 0 Å². The van der Waals surface area contributed by atoms with Gasteiger partial charge in [-0.2, -0.15) is 0 Å². The number of carbonyl (C=O) groups is 1. The summed E-state index contributed by atoms with van der Waals surface area (Å²) in [6.07, 6.45) is 1.55. The first-order valence-electron chi connectivity index (χ1n) is 7.98. The standard InChI is InChI=1S/C17H36NO2P/c1-13(2)17(6,7)10-14(3)15(19)11-16(4,5)12-20-21(9)18-8/h13-14,18H,10-12H2,1-9H3. The van der Waals surface area contributed by atoms with Crippen LogP contribution in [0.1, 0.15) is 61.3 Å². The molecule has 2 unspecified atom stereocenters. The molecule has 0 aromatic rings. The fourth-order valence-electron chi connectivity index (χ4n) is 2.17. The number of hydrogen-bond donors (Lipinski definition) is 1. The van der Waals surface area contributed by atoms with Crippen molar-refractivity contribution < 1.29 is 9.32 Å². The quantitative estimate of drug-likeness (QED) is 0.585. The molecule has 0 radical (unpaired) electrons. The molecular formula is C17H36NO2P. The van der Waals surface area contributed by atoms with Crippen molar-refractivity contribution in [2.75, 3.05) is 20.3 Å². The van der Waals surface area contributed by atoms with Crippen LogP contribution in [-0.2, 0) is 9.32 Å². The summed E-state index contributed by atoms with van der Waals surface area (Å²) in [7, 11) is 1.33. The van der Waals surface area contributed by atoms with Gasteiger partial charge in [-0.1, -0.05) is 48.5 Å². The van der Waals surface area contributed by atoms with Crippen molar-refractivity contribution in [3.63, 3.8) is 0 Å². The smallest absolute Gasteiger partial charge is 0.136 e. The monoisotopic (exact) mass is 317 g/mol. The molecule has 0 saturated carbocycles. The molecule has 0 aliphatic carbocycles. The topological polar surface area (TPSA) is 38.3 Å². The highest BCUT2D eigenvalue weighted by molar-refractivity contribution is 7.49. The van der Waals surface area contributed by atoms with Gasteiger partial charge < -0.3 is 4.52 Å². The maximum absolute atomic E-state index is 12.5.